The lowest BCUT2D eigenvalue weighted by atomic mass is 10.1. The third kappa shape index (κ3) is 6.69. The first-order valence-corrected chi connectivity index (χ1v) is 8.34. The van der Waals surface area contributed by atoms with Crippen LogP contribution in [0.1, 0.15) is 46.6 Å². The van der Waals surface area contributed by atoms with Crippen LogP contribution in [0.25, 0.3) is 0 Å². The molecule has 0 aliphatic rings. The van der Waals surface area contributed by atoms with E-state index in [9.17, 15) is 0 Å². The number of nitrogens with one attached hydrogen (secondary N) is 1. The molecule has 1 aromatic carbocycles. The van der Waals surface area contributed by atoms with Crippen LogP contribution in [0.2, 0.25) is 5.02 Å². The molecular formula is C16H26ClNS. The lowest BCUT2D eigenvalue weighted by Gasteiger charge is -2.22. The first-order valence-electron chi connectivity index (χ1n) is 6.98. The summed E-state index contributed by atoms with van der Waals surface area (Å²) in [4.78, 5) is 1.35. The monoisotopic (exact) mass is 299 g/mol. The van der Waals surface area contributed by atoms with Gasteiger partial charge >= 0.3 is 0 Å². The molecule has 1 rings (SSSR count). The highest BCUT2D eigenvalue weighted by Crippen LogP contribution is 2.28. The van der Waals surface area contributed by atoms with Gasteiger partial charge in [-0.05, 0) is 50.5 Å². The van der Waals surface area contributed by atoms with Crippen molar-refractivity contribution in [2.45, 2.75) is 58.0 Å². The van der Waals surface area contributed by atoms with E-state index < -0.39 is 0 Å². The first kappa shape index (κ1) is 16.9. The fourth-order valence-electron chi connectivity index (χ4n) is 1.54. The second kappa shape index (κ2) is 7.56. The zero-order valence-electron chi connectivity index (χ0n) is 12.7. The third-order valence-corrected chi connectivity index (χ3v) is 4.73. The molecule has 0 amide bonds. The minimum atomic E-state index is 0.126. The SMILES string of the molecule is CCC(C)CSc1ccc(Cl)cc1CNC(C)(C)C. The van der Waals surface area contributed by atoms with Crippen LogP contribution >= 0.6 is 23.4 Å². The summed E-state index contributed by atoms with van der Waals surface area (Å²) >= 11 is 8.06. The number of benzene rings is 1. The predicted octanol–water partition coefficient (Wildman–Crippen LogP) is 5.37. The van der Waals surface area contributed by atoms with Crippen molar-refractivity contribution in [1.29, 1.82) is 0 Å². The van der Waals surface area contributed by atoms with Gasteiger partial charge in [-0.2, -0.15) is 0 Å². The summed E-state index contributed by atoms with van der Waals surface area (Å²) in [5.74, 6) is 1.92. The van der Waals surface area contributed by atoms with Gasteiger partial charge in [0.15, 0.2) is 0 Å². The zero-order chi connectivity index (χ0) is 14.5. The molecule has 0 aliphatic carbocycles. The highest BCUT2D eigenvalue weighted by atomic mass is 35.5. The number of thioether (sulfide) groups is 1. The van der Waals surface area contributed by atoms with Crippen molar-refractivity contribution in [2.24, 2.45) is 5.92 Å². The van der Waals surface area contributed by atoms with Crippen LogP contribution < -0.4 is 5.32 Å². The number of hydrogen-bond donors (Lipinski definition) is 1. The second-order valence-electron chi connectivity index (χ2n) is 6.18. The summed E-state index contributed by atoms with van der Waals surface area (Å²) in [6, 6.07) is 6.22. The molecule has 0 fully saturated rings. The maximum Gasteiger partial charge on any atom is 0.0410 e. The van der Waals surface area contributed by atoms with Gasteiger partial charge in [-0.1, -0.05) is 31.9 Å². The molecule has 0 saturated heterocycles. The smallest absolute Gasteiger partial charge is 0.0410 e. The maximum atomic E-state index is 6.12. The van der Waals surface area contributed by atoms with E-state index >= 15 is 0 Å². The van der Waals surface area contributed by atoms with E-state index in [1.807, 2.05) is 17.8 Å². The van der Waals surface area contributed by atoms with Gasteiger partial charge in [0.2, 0.25) is 0 Å². The van der Waals surface area contributed by atoms with Gasteiger partial charge in [-0.3, -0.25) is 0 Å². The Hall–Kier alpha value is -0.180. The standard InChI is InChI=1S/C16H26ClNS/c1-6-12(2)11-19-15-8-7-14(17)9-13(15)10-18-16(3,4)5/h7-9,12,18H,6,10-11H2,1-5H3. The van der Waals surface area contributed by atoms with Crippen LogP contribution in [0.15, 0.2) is 23.1 Å². The number of rotatable bonds is 6. The van der Waals surface area contributed by atoms with E-state index in [1.54, 1.807) is 0 Å². The fraction of sp³-hybridized carbons (Fsp3) is 0.625. The van der Waals surface area contributed by atoms with Crippen LogP contribution in [0.5, 0.6) is 0 Å². The van der Waals surface area contributed by atoms with Crippen molar-refractivity contribution in [2.75, 3.05) is 5.75 Å². The van der Waals surface area contributed by atoms with Gasteiger partial charge in [0, 0.05) is 27.8 Å². The minimum Gasteiger partial charge on any atom is -0.308 e. The van der Waals surface area contributed by atoms with E-state index in [0.717, 1.165) is 17.5 Å². The summed E-state index contributed by atoms with van der Waals surface area (Å²) in [5.41, 5.74) is 1.43. The summed E-state index contributed by atoms with van der Waals surface area (Å²) in [5, 5.41) is 4.35. The largest absolute Gasteiger partial charge is 0.308 e. The molecule has 1 N–H and O–H groups in total. The van der Waals surface area contributed by atoms with Crippen molar-refractivity contribution >= 4 is 23.4 Å². The Morgan fingerprint density at radius 1 is 1.32 bits per heavy atom. The molecule has 1 aromatic rings. The third-order valence-electron chi connectivity index (χ3n) is 3.05. The van der Waals surface area contributed by atoms with Gasteiger partial charge in [-0.25, -0.2) is 0 Å². The Morgan fingerprint density at radius 3 is 2.58 bits per heavy atom. The van der Waals surface area contributed by atoms with E-state index in [2.05, 4.69) is 52.1 Å². The Morgan fingerprint density at radius 2 is 2.00 bits per heavy atom. The molecule has 0 spiro atoms. The summed E-state index contributed by atoms with van der Waals surface area (Å²) < 4.78 is 0. The molecule has 0 aliphatic heterocycles. The first-order chi connectivity index (χ1) is 8.81. The molecule has 1 atom stereocenters. The predicted molar refractivity (Wildman–Crippen MR) is 88.2 cm³/mol. The van der Waals surface area contributed by atoms with Crippen molar-refractivity contribution in [3.8, 4) is 0 Å². The van der Waals surface area contributed by atoms with Gasteiger partial charge in [0.05, 0.1) is 0 Å². The normalized spacial score (nSPS) is 13.6. The second-order valence-corrected chi connectivity index (χ2v) is 7.68. The van der Waals surface area contributed by atoms with Crippen LogP contribution in [0.3, 0.4) is 0 Å². The molecular weight excluding hydrogens is 274 g/mol. The molecule has 0 saturated carbocycles. The molecule has 1 nitrogen and oxygen atoms in total. The van der Waals surface area contributed by atoms with E-state index in [1.165, 1.54) is 22.6 Å². The van der Waals surface area contributed by atoms with Crippen molar-refractivity contribution in [3.05, 3.63) is 28.8 Å². The Bertz CT molecular complexity index is 398. The van der Waals surface area contributed by atoms with Crippen molar-refractivity contribution in [3.63, 3.8) is 0 Å². The lowest BCUT2D eigenvalue weighted by Crippen LogP contribution is -2.35. The van der Waals surface area contributed by atoms with Crippen LogP contribution in [-0.2, 0) is 6.54 Å². The highest BCUT2D eigenvalue weighted by molar-refractivity contribution is 7.99. The van der Waals surface area contributed by atoms with E-state index in [0.29, 0.717) is 0 Å². The molecule has 0 bridgehead atoms. The molecule has 3 heteroatoms. The Balaban J connectivity index is 2.74. The topological polar surface area (TPSA) is 12.0 Å². The van der Waals surface area contributed by atoms with Crippen LogP contribution in [-0.4, -0.2) is 11.3 Å². The van der Waals surface area contributed by atoms with Crippen molar-refractivity contribution < 1.29 is 0 Å². The molecule has 0 radical (unpaired) electrons. The molecule has 0 heterocycles. The number of halogens is 1. The molecule has 19 heavy (non-hydrogen) atoms. The molecule has 0 aromatic heterocycles. The van der Waals surface area contributed by atoms with Crippen LogP contribution in [0.4, 0.5) is 0 Å². The Labute approximate surface area is 127 Å². The van der Waals surface area contributed by atoms with Crippen molar-refractivity contribution in [1.82, 2.24) is 5.32 Å². The average molecular weight is 300 g/mol. The summed E-state index contributed by atoms with van der Waals surface area (Å²) in [6.45, 7) is 12.0. The van der Waals surface area contributed by atoms with Gasteiger partial charge in [-0.15, -0.1) is 11.8 Å². The quantitative estimate of drug-likeness (QED) is 0.709. The molecule has 108 valence electrons. The lowest BCUT2D eigenvalue weighted by molar-refractivity contribution is 0.422. The minimum absolute atomic E-state index is 0.126. The van der Waals surface area contributed by atoms with E-state index in [4.69, 9.17) is 11.6 Å². The van der Waals surface area contributed by atoms with Gasteiger partial charge < -0.3 is 5.32 Å². The van der Waals surface area contributed by atoms with E-state index in [-0.39, 0.29) is 5.54 Å². The fourth-order valence-corrected chi connectivity index (χ4v) is 2.91. The zero-order valence-corrected chi connectivity index (χ0v) is 14.3. The van der Waals surface area contributed by atoms with Gasteiger partial charge in [0.25, 0.3) is 0 Å². The Kier molecular flexibility index (Phi) is 6.72. The highest BCUT2D eigenvalue weighted by Gasteiger charge is 2.11. The van der Waals surface area contributed by atoms with Gasteiger partial charge in [0.1, 0.15) is 0 Å². The maximum absolute atomic E-state index is 6.12. The molecule has 1 unspecified atom stereocenters. The number of hydrogen-bond acceptors (Lipinski definition) is 2. The average Bonchev–Trinajstić information content (AvgIpc) is 2.33. The van der Waals surface area contributed by atoms with Crippen LogP contribution in [0, 0.1) is 5.92 Å². The summed E-state index contributed by atoms with van der Waals surface area (Å²) in [6.07, 6.45) is 1.23. The summed E-state index contributed by atoms with van der Waals surface area (Å²) in [7, 11) is 0.